The maximum absolute atomic E-state index is 3.64. The summed E-state index contributed by atoms with van der Waals surface area (Å²) in [5, 5.41) is 3.64. The first-order valence-corrected chi connectivity index (χ1v) is 7.68. The predicted octanol–water partition coefficient (Wildman–Crippen LogP) is 3.38. The molecule has 0 bridgehead atoms. The zero-order chi connectivity index (χ0) is 13.7. The van der Waals surface area contributed by atoms with Gasteiger partial charge in [-0.2, -0.15) is 0 Å². The number of hydrogen-bond donors (Lipinski definition) is 1. The van der Waals surface area contributed by atoms with Gasteiger partial charge >= 0.3 is 0 Å². The fourth-order valence-electron chi connectivity index (χ4n) is 2.77. The van der Waals surface area contributed by atoms with Gasteiger partial charge in [-0.3, -0.25) is 0 Å². The maximum atomic E-state index is 3.64. The Bertz CT molecular complexity index is 385. The van der Waals surface area contributed by atoms with E-state index in [-0.39, 0.29) is 0 Å². The fraction of sp³-hybridized carbons (Fsp3) is 0.647. The molecule has 0 heterocycles. The summed E-state index contributed by atoms with van der Waals surface area (Å²) in [5.41, 5.74) is 2.86. The molecule has 0 amide bonds. The Morgan fingerprint density at radius 2 is 2.05 bits per heavy atom. The molecule has 106 valence electrons. The molecule has 0 spiro atoms. The van der Waals surface area contributed by atoms with E-state index in [1.807, 2.05) is 0 Å². The first kappa shape index (κ1) is 14.5. The summed E-state index contributed by atoms with van der Waals surface area (Å²) < 4.78 is 0. The van der Waals surface area contributed by atoms with Gasteiger partial charge in [0.1, 0.15) is 0 Å². The highest BCUT2D eigenvalue weighted by Crippen LogP contribution is 2.29. The summed E-state index contributed by atoms with van der Waals surface area (Å²) in [6.45, 7) is 7.91. The summed E-state index contributed by atoms with van der Waals surface area (Å²) in [6.07, 6.45) is 4.08. The molecular weight excluding hydrogens is 232 g/mol. The molecule has 2 heteroatoms. The molecule has 0 radical (unpaired) electrons. The van der Waals surface area contributed by atoms with E-state index in [0.717, 1.165) is 12.5 Å². The second-order valence-electron chi connectivity index (χ2n) is 5.96. The van der Waals surface area contributed by atoms with Crippen LogP contribution >= 0.6 is 0 Å². The number of nitrogens with zero attached hydrogens (tertiary/aromatic N) is 1. The normalized spacial score (nSPS) is 16.8. The molecule has 2 rings (SSSR count). The quantitative estimate of drug-likeness (QED) is 0.771. The van der Waals surface area contributed by atoms with Gasteiger partial charge < -0.3 is 10.2 Å². The van der Waals surface area contributed by atoms with Gasteiger partial charge in [0.15, 0.2) is 0 Å². The minimum atomic E-state index is 0.493. The van der Waals surface area contributed by atoms with Gasteiger partial charge in [-0.05, 0) is 63.4 Å². The lowest BCUT2D eigenvalue weighted by atomic mass is 9.98. The Morgan fingerprint density at radius 3 is 2.68 bits per heavy atom. The summed E-state index contributed by atoms with van der Waals surface area (Å²) >= 11 is 0. The van der Waals surface area contributed by atoms with Crippen LogP contribution in [-0.4, -0.2) is 31.6 Å². The zero-order valence-electron chi connectivity index (χ0n) is 12.7. The average molecular weight is 260 g/mol. The van der Waals surface area contributed by atoms with Gasteiger partial charge in [-0.25, -0.2) is 0 Å². The Hall–Kier alpha value is -0.860. The minimum Gasteiger partial charge on any atom is -0.310 e. The first-order chi connectivity index (χ1) is 9.20. The molecule has 1 aliphatic rings. The largest absolute Gasteiger partial charge is 0.310 e. The molecule has 1 aliphatic carbocycles. The third-order valence-electron chi connectivity index (χ3n) is 4.08. The molecule has 1 saturated carbocycles. The minimum absolute atomic E-state index is 0.493. The Kier molecular flexibility index (Phi) is 5.41. The Balaban J connectivity index is 1.89. The number of nitrogens with one attached hydrogen (secondary N) is 1. The molecule has 0 saturated heterocycles. The predicted molar refractivity (Wildman–Crippen MR) is 82.4 cm³/mol. The van der Waals surface area contributed by atoms with Gasteiger partial charge in [-0.15, -0.1) is 0 Å². The Labute approximate surface area is 118 Å². The smallest absolute Gasteiger partial charge is 0.0334 e. The van der Waals surface area contributed by atoms with Gasteiger partial charge in [0, 0.05) is 12.6 Å². The Morgan fingerprint density at radius 1 is 1.32 bits per heavy atom. The lowest BCUT2D eigenvalue weighted by Gasteiger charge is -2.24. The van der Waals surface area contributed by atoms with Crippen molar-refractivity contribution < 1.29 is 0 Å². The second-order valence-corrected chi connectivity index (χ2v) is 5.96. The highest BCUT2D eigenvalue weighted by molar-refractivity contribution is 5.28. The first-order valence-electron chi connectivity index (χ1n) is 7.68. The van der Waals surface area contributed by atoms with Crippen LogP contribution in [0, 0.1) is 12.8 Å². The van der Waals surface area contributed by atoms with Crippen LogP contribution in [0.4, 0.5) is 0 Å². The van der Waals surface area contributed by atoms with E-state index in [0.29, 0.717) is 6.04 Å². The van der Waals surface area contributed by atoms with Crippen LogP contribution < -0.4 is 5.32 Å². The molecule has 1 unspecified atom stereocenters. The second kappa shape index (κ2) is 7.06. The summed E-state index contributed by atoms with van der Waals surface area (Å²) in [7, 11) is 2.26. The highest BCUT2D eigenvalue weighted by Gasteiger charge is 2.23. The third-order valence-corrected chi connectivity index (χ3v) is 4.08. The lowest BCUT2D eigenvalue weighted by molar-refractivity contribution is 0.297. The number of rotatable bonds is 8. The summed E-state index contributed by atoms with van der Waals surface area (Å²) in [4.78, 5) is 2.50. The molecule has 2 nitrogen and oxygen atoms in total. The number of aryl methyl sites for hydroxylation is 1. The number of benzene rings is 1. The van der Waals surface area contributed by atoms with Crippen LogP contribution in [0.3, 0.4) is 0 Å². The van der Waals surface area contributed by atoms with Crippen LogP contribution in [0.5, 0.6) is 0 Å². The molecule has 1 fully saturated rings. The SMILES string of the molecule is CCNC(CCN(C)CC1CC1)c1ccccc1C. The van der Waals surface area contributed by atoms with E-state index in [9.17, 15) is 0 Å². The monoisotopic (exact) mass is 260 g/mol. The van der Waals surface area contributed by atoms with Crippen molar-refractivity contribution in [3.8, 4) is 0 Å². The number of hydrogen-bond acceptors (Lipinski definition) is 2. The maximum Gasteiger partial charge on any atom is 0.0334 e. The fourth-order valence-corrected chi connectivity index (χ4v) is 2.77. The molecular formula is C17H28N2. The van der Waals surface area contributed by atoms with Gasteiger partial charge in [0.05, 0.1) is 0 Å². The standard InChI is InChI=1S/C17H28N2/c1-4-18-17(16-8-6-5-7-14(16)2)11-12-19(3)13-15-9-10-15/h5-8,15,17-18H,4,9-13H2,1-3H3. The van der Waals surface area contributed by atoms with Crippen LogP contribution in [0.25, 0.3) is 0 Å². The van der Waals surface area contributed by atoms with E-state index in [2.05, 4.69) is 55.4 Å². The van der Waals surface area contributed by atoms with Crippen LogP contribution in [0.2, 0.25) is 0 Å². The van der Waals surface area contributed by atoms with E-state index >= 15 is 0 Å². The van der Waals surface area contributed by atoms with Crippen molar-refractivity contribution in [1.29, 1.82) is 0 Å². The van der Waals surface area contributed by atoms with Crippen molar-refractivity contribution in [2.24, 2.45) is 5.92 Å². The summed E-state index contributed by atoms with van der Waals surface area (Å²) in [6, 6.07) is 9.26. The van der Waals surface area contributed by atoms with Gasteiger partial charge in [0.2, 0.25) is 0 Å². The topological polar surface area (TPSA) is 15.3 Å². The van der Waals surface area contributed by atoms with Crippen LogP contribution in [0.1, 0.15) is 43.4 Å². The van der Waals surface area contributed by atoms with Crippen molar-refractivity contribution >= 4 is 0 Å². The molecule has 0 aromatic heterocycles. The van der Waals surface area contributed by atoms with Crippen molar-refractivity contribution in [3.63, 3.8) is 0 Å². The van der Waals surface area contributed by atoms with Crippen LogP contribution in [0.15, 0.2) is 24.3 Å². The molecule has 19 heavy (non-hydrogen) atoms. The van der Waals surface area contributed by atoms with E-state index in [4.69, 9.17) is 0 Å². The van der Waals surface area contributed by atoms with Gasteiger partial charge in [0.25, 0.3) is 0 Å². The molecule has 1 aromatic rings. The van der Waals surface area contributed by atoms with Crippen LogP contribution in [-0.2, 0) is 0 Å². The molecule has 1 N–H and O–H groups in total. The van der Waals surface area contributed by atoms with Crippen molar-refractivity contribution in [1.82, 2.24) is 10.2 Å². The molecule has 1 aromatic carbocycles. The lowest BCUT2D eigenvalue weighted by Crippen LogP contribution is -2.28. The molecule has 1 atom stereocenters. The van der Waals surface area contributed by atoms with E-state index in [1.165, 1.54) is 43.5 Å². The highest BCUT2D eigenvalue weighted by atomic mass is 15.1. The zero-order valence-corrected chi connectivity index (χ0v) is 12.7. The van der Waals surface area contributed by atoms with Gasteiger partial charge in [-0.1, -0.05) is 31.2 Å². The summed E-state index contributed by atoms with van der Waals surface area (Å²) in [5.74, 6) is 0.987. The van der Waals surface area contributed by atoms with Crippen molar-refractivity contribution in [2.45, 2.75) is 39.2 Å². The van der Waals surface area contributed by atoms with E-state index in [1.54, 1.807) is 0 Å². The van der Waals surface area contributed by atoms with Crippen molar-refractivity contribution in [3.05, 3.63) is 35.4 Å². The van der Waals surface area contributed by atoms with E-state index < -0.39 is 0 Å². The van der Waals surface area contributed by atoms with Crippen molar-refractivity contribution in [2.75, 3.05) is 26.7 Å². The average Bonchev–Trinajstić information content (AvgIpc) is 3.19. The third kappa shape index (κ3) is 4.63. The molecule has 0 aliphatic heterocycles.